The van der Waals surface area contributed by atoms with Crippen LogP contribution < -0.4 is 5.32 Å². The van der Waals surface area contributed by atoms with Gasteiger partial charge in [-0.1, -0.05) is 13.3 Å². The summed E-state index contributed by atoms with van der Waals surface area (Å²) in [6.45, 7) is 2.78. The third-order valence-electron chi connectivity index (χ3n) is 1.54. The molecule has 0 aromatic rings. The number of carbonyl (C=O) groups is 2. The number of carboxylic acids is 1. The van der Waals surface area contributed by atoms with E-state index in [4.69, 9.17) is 9.84 Å². The number of rotatable bonds is 8. The molecule has 0 saturated heterocycles. The Morgan fingerprint density at radius 1 is 1.43 bits per heavy atom. The van der Waals surface area contributed by atoms with Crippen LogP contribution in [0, 0.1) is 0 Å². The number of hydrogen-bond donors (Lipinski definition) is 2. The van der Waals surface area contributed by atoms with E-state index in [1.807, 2.05) is 6.92 Å². The van der Waals surface area contributed by atoms with Crippen LogP contribution in [0.15, 0.2) is 0 Å². The third kappa shape index (κ3) is 8.99. The average Bonchev–Trinajstić information content (AvgIpc) is 2.12. The van der Waals surface area contributed by atoms with Gasteiger partial charge in [0.25, 0.3) is 0 Å². The fourth-order valence-electron chi connectivity index (χ4n) is 0.771. The second kappa shape index (κ2) is 8.50. The van der Waals surface area contributed by atoms with Crippen LogP contribution in [0.3, 0.4) is 0 Å². The number of unbranched alkanes of at least 4 members (excludes halogenated alkanes) is 1. The predicted octanol–water partition coefficient (Wildman–Crippen LogP) is 0.394. The fraction of sp³-hybridized carbons (Fsp3) is 0.778. The molecule has 0 aromatic heterocycles. The van der Waals surface area contributed by atoms with Gasteiger partial charge in [0, 0.05) is 13.2 Å². The summed E-state index contributed by atoms with van der Waals surface area (Å²) < 4.78 is 5.03. The van der Waals surface area contributed by atoms with Crippen molar-refractivity contribution < 1.29 is 19.4 Å². The van der Waals surface area contributed by atoms with Gasteiger partial charge in [0.2, 0.25) is 5.91 Å². The van der Waals surface area contributed by atoms with Crippen LogP contribution in [0.5, 0.6) is 0 Å². The molecule has 0 aliphatic heterocycles. The molecule has 0 heterocycles. The monoisotopic (exact) mass is 203 g/mol. The summed E-state index contributed by atoms with van der Waals surface area (Å²) in [6, 6.07) is 0. The number of amides is 1. The summed E-state index contributed by atoms with van der Waals surface area (Å²) in [5.41, 5.74) is 0. The number of aliphatic carboxylic acids is 1. The molecule has 0 saturated carbocycles. The highest BCUT2D eigenvalue weighted by Crippen LogP contribution is 1.87. The summed E-state index contributed by atoms with van der Waals surface area (Å²) in [4.78, 5) is 21.1. The maximum atomic E-state index is 11.0. The topological polar surface area (TPSA) is 75.6 Å². The first-order valence-electron chi connectivity index (χ1n) is 4.73. The average molecular weight is 203 g/mol. The van der Waals surface area contributed by atoms with Crippen molar-refractivity contribution in [2.24, 2.45) is 0 Å². The predicted molar refractivity (Wildman–Crippen MR) is 51.0 cm³/mol. The van der Waals surface area contributed by atoms with Crippen molar-refractivity contribution in [2.45, 2.75) is 26.2 Å². The van der Waals surface area contributed by atoms with E-state index in [1.54, 1.807) is 0 Å². The number of nitrogens with one attached hydrogen (secondary N) is 1. The quantitative estimate of drug-likeness (QED) is 0.560. The summed E-state index contributed by atoms with van der Waals surface area (Å²) in [5.74, 6) is -1.18. The van der Waals surface area contributed by atoms with Crippen LogP contribution in [-0.2, 0) is 14.3 Å². The van der Waals surface area contributed by atoms with E-state index in [0.29, 0.717) is 6.61 Å². The highest BCUT2D eigenvalue weighted by molar-refractivity contribution is 5.77. The molecule has 0 aromatic carbocycles. The molecule has 0 bridgehead atoms. The number of carboxylic acid groups (broad SMARTS) is 1. The van der Waals surface area contributed by atoms with Gasteiger partial charge in [0.1, 0.15) is 6.61 Å². The molecular formula is C9H17NO4. The van der Waals surface area contributed by atoms with E-state index in [0.717, 1.165) is 12.8 Å². The summed E-state index contributed by atoms with van der Waals surface area (Å²) >= 11 is 0. The molecular weight excluding hydrogens is 186 g/mol. The summed E-state index contributed by atoms with van der Waals surface area (Å²) in [7, 11) is 0. The lowest BCUT2D eigenvalue weighted by Gasteiger charge is -2.04. The van der Waals surface area contributed by atoms with E-state index < -0.39 is 5.97 Å². The molecule has 0 aliphatic rings. The maximum absolute atomic E-state index is 11.0. The van der Waals surface area contributed by atoms with Crippen LogP contribution in [0.2, 0.25) is 0 Å². The number of ether oxygens (including phenoxy) is 1. The van der Waals surface area contributed by atoms with E-state index in [-0.39, 0.29) is 25.5 Å². The van der Waals surface area contributed by atoms with E-state index >= 15 is 0 Å². The lowest BCUT2D eigenvalue weighted by Crippen LogP contribution is -2.29. The highest BCUT2D eigenvalue weighted by atomic mass is 16.5. The van der Waals surface area contributed by atoms with Gasteiger partial charge in [-0.15, -0.1) is 0 Å². The van der Waals surface area contributed by atoms with Crippen LogP contribution in [-0.4, -0.2) is 36.7 Å². The third-order valence-corrected chi connectivity index (χ3v) is 1.54. The van der Waals surface area contributed by atoms with Gasteiger partial charge in [-0.3, -0.25) is 9.59 Å². The normalized spacial score (nSPS) is 9.79. The highest BCUT2D eigenvalue weighted by Gasteiger charge is 2.01. The molecule has 2 N–H and O–H groups in total. The van der Waals surface area contributed by atoms with Gasteiger partial charge in [-0.05, 0) is 6.42 Å². The molecule has 82 valence electrons. The first-order chi connectivity index (χ1) is 6.66. The minimum Gasteiger partial charge on any atom is -0.481 e. The number of hydrogen-bond acceptors (Lipinski definition) is 3. The van der Waals surface area contributed by atoms with Gasteiger partial charge in [0.15, 0.2) is 0 Å². The van der Waals surface area contributed by atoms with Crippen LogP contribution in [0.4, 0.5) is 0 Å². The Hall–Kier alpha value is -1.10. The Labute approximate surface area is 83.4 Å². The van der Waals surface area contributed by atoms with E-state index in [1.165, 1.54) is 0 Å². The van der Waals surface area contributed by atoms with E-state index in [2.05, 4.69) is 5.32 Å². The van der Waals surface area contributed by atoms with Crippen LogP contribution in [0.1, 0.15) is 26.2 Å². The van der Waals surface area contributed by atoms with Crippen LogP contribution in [0.25, 0.3) is 0 Å². The molecule has 14 heavy (non-hydrogen) atoms. The van der Waals surface area contributed by atoms with Gasteiger partial charge < -0.3 is 15.2 Å². The van der Waals surface area contributed by atoms with Crippen molar-refractivity contribution >= 4 is 11.9 Å². The van der Waals surface area contributed by atoms with Gasteiger partial charge >= 0.3 is 5.97 Å². The van der Waals surface area contributed by atoms with Crippen LogP contribution >= 0.6 is 0 Å². The summed E-state index contributed by atoms with van der Waals surface area (Å²) in [6.07, 6.45) is 1.91. The molecule has 0 aliphatic carbocycles. The molecule has 0 atom stereocenters. The van der Waals surface area contributed by atoms with Gasteiger partial charge in [0.05, 0.1) is 6.42 Å². The second-order valence-electron chi connectivity index (χ2n) is 2.90. The van der Waals surface area contributed by atoms with Crippen molar-refractivity contribution in [3.8, 4) is 0 Å². The molecule has 5 nitrogen and oxygen atoms in total. The molecule has 0 radical (unpaired) electrons. The zero-order valence-corrected chi connectivity index (χ0v) is 8.41. The Bertz CT molecular complexity index is 182. The van der Waals surface area contributed by atoms with Gasteiger partial charge in [-0.25, -0.2) is 0 Å². The fourth-order valence-corrected chi connectivity index (χ4v) is 0.771. The molecule has 0 fully saturated rings. The largest absolute Gasteiger partial charge is 0.481 e. The van der Waals surface area contributed by atoms with Gasteiger partial charge in [-0.2, -0.15) is 0 Å². The first-order valence-corrected chi connectivity index (χ1v) is 4.73. The molecule has 5 heteroatoms. The van der Waals surface area contributed by atoms with Crippen molar-refractivity contribution in [2.75, 3.05) is 19.8 Å². The minimum absolute atomic E-state index is 0.0135. The van der Waals surface area contributed by atoms with Crippen molar-refractivity contribution in [3.63, 3.8) is 0 Å². The second-order valence-corrected chi connectivity index (χ2v) is 2.90. The molecule has 0 rings (SSSR count). The Morgan fingerprint density at radius 2 is 2.14 bits per heavy atom. The SMILES string of the molecule is CCCCOCC(=O)NCCC(=O)O. The maximum Gasteiger partial charge on any atom is 0.305 e. The number of carbonyl (C=O) groups excluding carboxylic acids is 1. The Kier molecular flexibility index (Phi) is 7.83. The molecule has 0 unspecified atom stereocenters. The summed E-state index contributed by atoms with van der Waals surface area (Å²) in [5, 5.41) is 10.7. The first kappa shape index (κ1) is 12.9. The molecule has 1 amide bonds. The standard InChI is InChI=1S/C9H17NO4/c1-2-3-6-14-7-8(11)10-5-4-9(12)13/h2-7H2,1H3,(H,10,11)(H,12,13). The van der Waals surface area contributed by atoms with E-state index in [9.17, 15) is 9.59 Å². The lowest BCUT2D eigenvalue weighted by molar-refractivity contribution is -0.137. The lowest BCUT2D eigenvalue weighted by atomic mass is 10.4. The van der Waals surface area contributed by atoms with Crippen molar-refractivity contribution in [3.05, 3.63) is 0 Å². The Morgan fingerprint density at radius 3 is 2.71 bits per heavy atom. The molecule has 0 spiro atoms. The smallest absolute Gasteiger partial charge is 0.305 e. The van der Waals surface area contributed by atoms with Crippen molar-refractivity contribution in [1.82, 2.24) is 5.32 Å². The minimum atomic E-state index is -0.919. The zero-order chi connectivity index (χ0) is 10.8. The Balaban J connectivity index is 3.24. The van der Waals surface area contributed by atoms with Crippen molar-refractivity contribution in [1.29, 1.82) is 0 Å². The zero-order valence-electron chi connectivity index (χ0n) is 8.41.